The topological polar surface area (TPSA) is 42.2 Å². The van der Waals surface area contributed by atoms with Crippen molar-refractivity contribution in [2.24, 2.45) is 5.73 Å². The van der Waals surface area contributed by atoms with Crippen LogP contribution in [-0.4, -0.2) is 23.1 Å². The largest absolute Gasteiger partial charge is 0.351 e. The molecule has 0 amide bonds. The Bertz CT molecular complexity index is 377. The van der Waals surface area contributed by atoms with E-state index in [1.807, 2.05) is 6.20 Å². The monoisotopic (exact) mass is 217 g/mol. The Morgan fingerprint density at radius 2 is 2.00 bits per heavy atom. The average Bonchev–Trinajstić information content (AvgIpc) is 2.51. The van der Waals surface area contributed by atoms with Crippen molar-refractivity contribution in [3.8, 4) is 0 Å². The number of rotatable bonds is 1. The summed E-state index contributed by atoms with van der Waals surface area (Å²) in [5.41, 5.74) is 7.37. The molecule has 0 spiro atoms. The Labute approximate surface area is 96.7 Å². The molecule has 2 atom stereocenters. The third kappa shape index (κ3) is 1.59. The lowest BCUT2D eigenvalue weighted by atomic mass is 9.98. The van der Waals surface area contributed by atoms with Crippen molar-refractivity contribution in [3.05, 3.63) is 23.9 Å². The molecule has 1 aromatic heterocycles. The summed E-state index contributed by atoms with van der Waals surface area (Å²) in [6, 6.07) is 5.91. The molecular formula is C13H19N3. The molecule has 3 heterocycles. The third-order valence-corrected chi connectivity index (χ3v) is 3.94. The molecule has 3 heteroatoms. The molecule has 2 N–H and O–H groups in total. The van der Waals surface area contributed by atoms with Gasteiger partial charge in [0.2, 0.25) is 0 Å². The van der Waals surface area contributed by atoms with E-state index in [-0.39, 0.29) is 0 Å². The average molecular weight is 217 g/mol. The van der Waals surface area contributed by atoms with Gasteiger partial charge in [-0.1, -0.05) is 0 Å². The molecular weight excluding hydrogens is 198 g/mol. The lowest BCUT2D eigenvalue weighted by Gasteiger charge is -2.38. The van der Waals surface area contributed by atoms with Crippen LogP contribution in [0.15, 0.2) is 18.3 Å². The second-order valence-electron chi connectivity index (χ2n) is 5.22. The highest BCUT2D eigenvalue weighted by atomic mass is 15.3. The fraction of sp³-hybridized carbons (Fsp3) is 0.615. The van der Waals surface area contributed by atoms with Gasteiger partial charge in [-0.15, -0.1) is 0 Å². The first-order valence-electron chi connectivity index (χ1n) is 6.20. The van der Waals surface area contributed by atoms with Gasteiger partial charge in [-0.2, -0.15) is 0 Å². The summed E-state index contributed by atoms with van der Waals surface area (Å²) in [4.78, 5) is 7.02. The number of nitrogens with two attached hydrogens (primary N) is 1. The number of pyridine rings is 1. The lowest BCUT2D eigenvalue weighted by molar-refractivity contribution is 0.412. The van der Waals surface area contributed by atoms with Gasteiger partial charge in [-0.3, -0.25) is 0 Å². The number of piperidine rings is 1. The number of aryl methyl sites for hydroxylation is 1. The van der Waals surface area contributed by atoms with E-state index >= 15 is 0 Å². The van der Waals surface area contributed by atoms with E-state index in [2.05, 4.69) is 28.9 Å². The van der Waals surface area contributed by atoms with Crippen LogP contribution in [0.25, 0.3) is 0 Å². The summed E-state index contributed by atoms with van der Waals surface area (Å²) in [6.45, 7) is 2.13. The van der Waals surface area contributed by atoms with Gasteiger partial charge < -0.3 is 10.6 Å². The maximum atomic E-state index is 6.08. The Balaban J connectivity index is 1.91. The van der Waals surface area contributed by atoms with E-state index in [9.17, 15) is 0 Å². The molecule has 2 fully saturated rings. The Morgan fingerprint density at radius 3 is 2.62 bits per heavy atom. The van der Waals surface area contributed by atoms with Gasteiger partial charge in [0.25, 0.3) is 0 Å². The highest BCUT2D eigenvalue weighted by Crippen LogP contribution is 2.37. The molecule has 3 nitrogen and oxygen atoms in total. The summed E-state index contributed by atoms with van der Waals surface area (Å²) in [5.74, 6) is 1.15. The first kappa shape index (κ1) is 10.1. The zero-order chi connectivity index (χ0) is 11.1. The molecule has 3 rings (SSSR count). The van der Waals surface area contributed by atoms with Gasteiger partial charge in [0.1, 0.15) is 5.82 Å². The molecule has 0 saturated carbocycles. The van der Waals surface area contributed by atoms with Crippen LogP contribution in [-0.2, 0) is 0 Å². The second kappa shape index (κ2) is 3.74. The Hall–Kier alpha value is -1.09. The summed E-state index contributed by atoms with van der Waals surface area (Å²) < 4.78 is 0. The van der Waals surface area contributed by atoms with Crippen molar-refractivity contribution in [2.75, 3.05) is 4.90 Å². The first-order chi connectivity index (χ1) is 7.74. The van der Waals surface area contributed by atoms with E-state index in [1.54, 1.807) is 0 Å². The minimum absolute atomic E-state index is 0.401. The van der Waals surface area contributed by atoms with Crippen molar-refractivity contribution in [1.82, 2.24) is 4.98 Å². The molecule has 1 aromatic rings. The summed E-state index contributed by atoms with van der Waals surface area (Å²) >= 11 is 0. The predicted octanol–water partition coefficient (Wildman–Crippen LogP) is 1.85. The zero-order valence-electron chi connectivity index (χ0n) is 9.76. The van der Waals surface area contributed by atoms with Gasteiger partial charge in [-0.25, -0.2) is 4.98 Å². The fourth-order valence-electron chi connectivity index (χ4n) is 3.25. The summed E-state index contributed by atoms with van der Waals surface area (Å²) in [6.07, 6.45) is 6.75. The van der Waals surface area contributed by atoms with Crippen molar-refractivity contribution in [1.29, 1.82) is 0 Å². The number of nitrogens with zero attached hydrogens (tertiary/aromatic N) is 2. The fourth-order valence-corrected chi connectivity index (χ4v) is 3.25. The van der Waals surface area contributed by atoms with Crippen molar-refractivity contribution >= 4 is 5.82 Å². The van der Waals surface area contributed by atoms with E-state index in [4.69, 9.17) is 5.73 Å². The lowest BCUT2D eigenvalue weighted by Crippen LogP contribution is -2.47. The molecule has 2 saturated heterocycles. The molecule has 2 aliphatic rings. The van der Waals surface area contributed by atoms with Gasteiger partial charge in [0.15, 0.2) is 0 Å². The molecule has 2 unspecified atom stereocenters. The number of hydrogen-bond donors (Lipinski definition) is 1. The molecule has 2 aliphatic heterocycles. The predicted molar refractivity (Wildman–Crippen MR) is 65.5 cm³/mol. The quantitative estimate of drug-likeness (QED) is 0.780. The van der Waals surface area contributed by atoms with Gasteiger partial charge >= 0.3 is 0 Å². The van der Waals surface area contributed by atoms with E-state index in [0.29, 0.717) is 18.1 Å². The third-order valence-electron chi connectivity index (χ3n) is 3.94. The normalized spacial score (nSPS) is 33.1. The van der Waals surface area contributed by atoms with Crippen molar-refractivity contribution in [2.45, 2.75) is 50.7 Å². The number of anilines is 1. The van der Waals surface area contributed by atoms with Crippen LogP contribution in [0, 0.1) is 6.92 Å². The molecule has 86 valence electrons. The Kier molecular flexibility index (Phi) is 2.36. The summed E-state index contributed by atoms with van der Waals surface area (Å²) in [7, 11) is 0. The Morgan fingerprint density at radius 1 is 1.31 bits per heavy atom. The highest BCUT2D eigenvalue weighted by molar-refractivity contribution is 5.45. The second-order valence-corrected chi connectivity index (χ2v) is 5.22. The molecule has 16 heavy (non-hydrogen) atoms. The van der Waals surface area contributed by atoms with Crippen LogP contribution < -0.4 is 10.6 Å². The SMILES string of the molecule is Cc1ccnc(N2C3CCC2CC(N)C3)c1. The van der Waals surface area contributed by atoms with Gasteiger partial charge in [-0.05, 0) is 50.3 Å². The maximum absolute atomic E-state index is 6.08. The molecule has 0 aliphatic carbocycles. The van der Waals surface area contributed by atoms with Crippen LogP contribution in [0.5, 0.6) is 0 Å². The van der Waals surface area contributed by atoms with E-state index in [0.717, 1.165) is 18.7 Å². The maximum Gasteiger partial charge on any atom is 0.129 e. The van der Waals surface area contributed by atoms with Crippen LogP contribution in [0.1, 0.15) is 31.2 Å². The number of hydrogen-bond acceptors (Lipinski definition) is 3. The van der Waals surface area contributed by atoms with Crippen LogP contribution >= 0.6 is 0 Å². The van der Waals surface area contributed by atoms with Crippen molar-refractivity contribution in [3.63, 3.8) is 0 Å². The van der Waals surface area contributed by atoms with E-state index < -0.39 is 0 Å². The minimum Gasteiger partial charge on any atom is -0.351 e. The standard InChI is InChI=1S/C13H19N3/c1-9-4-5-15-13(6-9)16-11-2-3-12(16)8-10(14)7-11/h4-6,10-12H,2-3,7-8,14H2,1H3. The minimum atomic E-state index is 0.401. The smallest absolute Gasteiger partial charge is 0.129 e. The van der Waals surface area contributed by atoms with Crippen LogP contribution in [0.2, 0.25) is 0 Å². The number of aromatic nitrogens is 1. The van der Waals surface area contributed by atoms with Crippen molar-refractivity contribution < 1.29 is 0 Å². The van der Waals surface area contributed by atoms with Crippen LogP contribution in [0.3, 0.4) is 0 Å². The van der Waals surface area contributed by atoms with Gasteiger partial charge in [0.05, 0.1) is 0 Å². The molecule has 0 aromatic carbocycles. The van der Waals surface area contributed by atoms with Crippen LogP contribution in [0.4, 0.5) is 5.82 Å². The molecule has 0 radical (unpaired) electrons. The molecule has 2 bridgehead atoms. The van der Waals surface area contributed by atoms with E-state index in [1.165, 1.54) is 18.4 Å². The summed E-state index contributed by atoms with van der Waals surface area (Å²) in [5, 5.41) is 0. The van der Waals surface area contributed by atoms with Gasteiger partial charge in [0, 0.05) is 24.3 Å². The highest BCUT2D eigenvalue weighted by Gasteiger charge is 2.40. The first-order valence-corrected chi connectivity index (χ1v) is 6.20. The number of fused-ring (bicyclic) bond motifs is 2. The zero-order valence-corrected chi connectivity index (χ0v) is 9.76.